The molecule has 0 saturated carbocycles. The standard InChI is InChI=1S/C20H18ClF4N3O2/c1-11(2)17-19(30)28(18-15(22)7-14(21)8-26-18)10-16(29)27(17)9-12-3-5-13(6-4-12)20(23,24)25/h3-8,11,17H,9-10H2,1-2H3. The summed E-state index contributed by atoms with van der Waals surface area (Å²) in [6.07, 6.45) is -3.29. The van der Waals surface area contributed by atoms with Gasteiger partial charge < -0.3 is 4.90 Å². The van der Waals surface area contributed by atoms with Crippen LogP contribution in [0.15, 0.2) is 36.5 Å². The average Bonchev–Trinajstić information content (AvgIpc) is 2.64. The van der Waals surface area contributed by atoms with E-state index in [1.54, 1.807) is 13.8 Å². The molecule has 160 valence electrons. The molecule has 1 aliphatic heterocycles. The van der Waals surface area contributed by atoms with Crippen molar-refractivity contribution in [1.29, 1.82) is 0 Å². The molecule has 1 fully saturated rings. The molecule has 2 heterocycles. The third-order valence-electron chi connectivity index (χ3n) is 4.78. The summed E-state index contributed by atoms with van der Waals surface area (Å²) >= 11 is 5.70. The van der Waals surface area contributed by atoms with Crippen LogP contribution < -0.4 is 4.90 Å². The Labute approximate surface area is 175 Å². The normalized spacial score (nSPS) is 17.8. The second-order valence-electron chi connectivity index (χ2n) is 7.29. The van der Waals surface area contributed by atoms with Gasteiger partial charge in [0.25, 0.3) is 5.91 Å². The number of pyridine rings is 1. The van der Waals surface area contributed by atoms with Crippen molar-refractivity contribution in [3.8, 4) is 0 Å². The molecular weight excluding hydrogens is 426 g/mol. The molecule has 0 N–H and O–H groups in total. The predicted molar refractivity (Wildman–Crippen MR) is 102 cm³/mol. The summed E-state index contributed by atoms with van der Waals surface area (Å²) in [6, 6.07) is 4.46. The van der Waals surface area contributed by atoms with Crippen LogP contribution in [0, 0.1) is 11.7 Å². The summed E-state index contributed by atoms with van der Waals surface area (Å²) in [5.41, 5.74) is -0.359. The maximum Gasteiger partial charge on any atom is 0.416 e. The number of anilines is 1. The fraction of sp³-hybridized carbons (Fsp3) is 0.350. The van der Waals surface area contributed by atoms with E-state index in [4.69, 9.17) is 11.6 Å². The Morgan fingerprint density at radius 2 is 1.83 bits per heavy atom. The number of rotatable bonds is 4. The Morgan fingerprint density at radius 3 is 2.37 bits per heavy atom. The topological polar surface area (TPSA) is 53.5 Å². The number of carbonyl (C=O) groups excluding carboxylic acids is 2. The number of benzene rings is 1. The van der Waals surface area contributed by atoms with Gasteiger partial charge in [-0.2, -0.15) is 13.2 Å². The Bertz CT molecular complexity index is 964. The number of aromatic nitrogens is 1. The minimum atomic E-state index is -4.47. The fourth-order valence-electron chi connectivity index (χ4n) is 3.36. The molecule has 1 saturated heterocycles. The van der Waals surface area contributed by atoms with Crippen LogP contribution in [0.3, 0.4) is 0 Å². The summed E-state index contributed by atoms with van der Waals surface area (Å²) in [5.74, 6) is -2.44. The lowest BCUT2D eigenvalue weighted by Gasteiger charge is -2.41. The first kappa shape index (κ1) is 22.0. The van der Waals surface area contributed by atoms with Gasteiger partial charge in [0.2, 0.25) is 5.91 Å². The summed E-state index contributed by atoms with van der Waals surface area (Å²) in [6.45, 7) is 2.97. The van der Waals surface area contributed by atoms with Crippen LogP contribution in [-0.4, -0.2) is 34.3 Å². The van der Waals surface area contributed by atoms with Gasteiger partial charge in [-0.1, -0.05) is 37.6 Å². The lowest BCUT2D eigenvalue weighted by Crippen LogP contribution is -2.61. The molecule has 10 heteroatoms. The minimum absolute atomic E-state index is 0.0457. The molecule has 1 unspecified atom stereocenters. The molecule has 2 amide bonds. The van der Waals surface area contributed by atoms with Crippen molar-refractivity contribution >= 4 is 29.2 Å². The van der Waals surface area contributed by atoms with E-state index in [-0.39, 0.29) is 23.3 Å². The number of nitrogens with zero attached hydrogens (tertiary/aromatic N) is 3. The Kier molecular flexibility index (Phi) is 6.03. The zero-order valence-electron chi connectivity index (χ0n) is 16.1. The molecule has 1 aliphatic rings. The van der Waals surface area contributed by atoms with Crippen molar-refractivity contribution in [3.05, 3.63) is 58.5 Å². The minimum Gasteiger partial charge on any atom is -0.325 e. The summed E-state index contributed by atoms with van der Waals surface area (Å²) in [7, 11) is 0. The summed E-state index contributed by atoms with van der Waals surface area (Å²) in [4.78, 5) is 32.0. The number of carbonyl (C=O) groups is 2. The van der Waals surface area contributed by atoms with Gasteiger partial charge in [-0.15, -0.1) is 0 Å². The molecule has 3 rings (SSSR count). The second kappa shape index (κ2) is 8.22. The number of hydrogen-bond donors (Lipinski definition) is 0. The van der Waals surface area contributed by atoms with Crippen molar-refractivity contribution in [3.63, 3.8) is 0 Å². The molecule has 1 aromatic carbocycles. The molecule has 0 bridgehead atoms. The van der Waals surface area contributed by atoms with E-state index in [0.29, 0.717) is 5.56 Å². The van der Waals surface area contributed by atoms with Gasteiger partial charge in [0.15, 0.2) is 11.6 Å². The number of alkyl halides is 3. The molecule has 5 nitrogen and oxygen atoms in total. The Morgan fingerprint density at radius 1 is 1.20 bits per heavy atom. The van der Waals surface area contributed by atoms with Crippen LogP contribution in [0.25, 0.3) is 0 Å². The summed E-state index contributed by atoms with van der Waals surface area (Å²) in [5, 5.41) is 0.0522. The molecular formula is C20H18ClF4N3O2. The highest BCUT2D eigenvalue weighted by molar-refractivity contribution is 6.30. The van der Waals surface area contributed by atoms with Crippen LogP contribution >= 0.6 is 11.6 Å². The SMILES string of the molecule is CC(C)C1C(=O)N(c2ncc(Cl)cc2F)CC(=O)N1Cc1ccc(C(F)(F)F)cc1. The van der Waals surface area contributed by atoms with Crippen molar-refractivity contribution in [2.75, 3.05) is 11.4 Å². The second-order valence-corrected chi connectivity index (χ2v) is 7.72. The van der Waals surface area contributed by atoms with Gasteiger partial charge in [-0.25, -0.2) is 9.37 Å². The lowest BCUT2D eigenvalue weighted by molar-refractivity contribution is -0.145. The zero-order chi connectivity index (χ0) is 22.2. The van der Waals surface area contributed by atoms with Crippen LogP contribution in [0.4, 0.5) is 23.4 Å². The number of piperazine rings is 1. The lowest BCUT2D eigenvalue weighted by atomic mass is 9.97. The van der Waals surface area contributed by atoms with Gasteiger partial charge in [0.1, 0.15) is 12.6 Å². The van der Waals surface area contributed by atoms with Crippen LogP contribution in [0.2, 0.25) is 5.02 Å². The maximum atomic E-state index is 14.3. The van der Waals surface area contributed by atoms with E-state index in [1.807, 2.05) is 0 Å². The smallest absolute Gasteiger partial charge is 0.325 e. The Hall–Kier alpha value is -2.68. The molecule has 2 aromatic rings. The van der Waals surface area contributed by atoms with E-state index in [1.165, 1.54) is 23.2 Å². The van der Waals surface area contributed by atoms with Crippen LogP contribution in [0.5, 0.6) is 0 Å². The van der Waals surface area contributed by atoms with Gasteiger partial charge >= 0.3 is 6.18 Å². The van der Waals surface area contributed by atoms with Crippen molar-refractivity contribution in [1.82, 2.24) is 9.88 Å². The van der Waals surface area contributed by atoms with Gasteiger partial charge in [0, 0.05) is 12.7 Å². The van der Waals surface area contributed by atoms with E-state index < -0.39 is 42.0 Å². The third kappa shape index (κ3) is 4.40. The zero-order valence-corrected chi connectivity index (χ0v) is 16.8. The first-order chi connectivity index (χ1) is 14.0. The molecule has 1 aromatic heterocycles. The average molecular weight is 444 g/mol. The van der Waals surface area contributed by atoms with Crippen molar-refractivity contribution < 1.29 is 27.2 Å². The molecule has 0 spiro atoms. The maximum absolute atomic E-state index is 14.3. The molecule has 0 aliphatic carbocycles. The fourth-order valence-corrected chi connectivity index (χ4v) is 3.51. The quantitative estimate of drug-likeness (QED) is 0.662. The first-order valence-electron chi connectivity index (χ1n) is 9.07. The first-order valence-corrected chi connectivity index (χ1v) is 9.45. The van der Waals surface area contributed by atoms with Crippen LogP contribution in [-0.2, 0) is 22.3 Å². The summed E-state index contributed by atoms with van der Waals surface area (Å²) < 4.78 is 52.6. The Balaban J connectivity index is 1.88. The van der Waals surface area contributed by atoms with Crippen molar-refractivity contribution in [2.45, 2.75) is 32.6 Å². The van der Waals surface area contributed by atoms with E-state index in [9.17, 15) is 27.2 Å². The monoisotopic (exact) mass is 443 g/mol. The van der Waals surface area contributed by atoms with E-state index in [0.717, 1.165) is 23.1 Å². The van der Waals surface area contributed by atoms with Crippen LogP contribution in [0.1, 0.15) is 25.0 Å². The highest BCUT2D eigenvalue weighted by Crippen LogP contribution is 2.31. The number of hydrogen-bond acceptors (Lipinski definition) is 3. The molecule has 1 atom stereocenters. The highest BCUT2D eigenvalue weighted by atomic mass is 35.5. The van der Waals surface area contributed by atoms with Crippen molar-refractivity contribution in [2.24, 2.45) is 5.92 Å². The molecule has 0 radical (unpaired) electrons. The predicted octanol–water partition coefficient (Wildman–Crippen LogP) is 4.29. The number of halogens is 5. The highest BCUT2D eigenvalue weighted by Gasteiger charge is 2.42. The van der Waals surface area contributed by atoms with E-state index in [2.05, 4.69) is 4.98 Å². The third-order valence-corrected chi connectivity index (χ3v) is 4.98. The van der Waals surface area contributed by atoms with Gasteiger partial charge in [-0.3, -0.25) is 14.5 Å². The van der Waals surface area contributed by atoms with Gasteiger partial charge in [0.05, 0.1) is 10.6 Å². The number of amides is 2. The van der Waals surface area contributed by atoms with E-state index >= 15 is 0 Å². The molecule has 30 heavy (non-hydrogen) atoms. The largest absolute Gasteiger partial charge is 0.416 e. The van der Waals surface area contributed by atoms with Gasteiger partial charge in [-0.05, 0) is 29.7 Å².